The number of nitrogens with zero attached hydrogens (tertiary/aromatic N) is 1. The van der Waals surface area contributed by atoms with Gasteiger partial charge >= 0.3 is 0 Å². The second-order valence-corrected chi connectivity index (χ2v) is 8.54. The summed E-state index contributed by atoms with van der Waals surface area (Å²) in [5.74, 6) is -1.38. The van der Waals surface area contributed by atoms with E-state index < -0.39 is 21.7 Å². The van der Waals surface area contributed by atoms with E-state index >= 15 is 0 Å². The van der Waals surface area contributed by atoms with Crippen LogP contribution >= 0.6 is 27.5 Å². The van der Waals surface area contributed by atoms with Crippen LogP contribution in [0.25, 0.3) is 0 Å². The van der Waals surface area contributed by atoms with Crippen LogP contribution in [0.15, 0.2) is 45.8 Å². The van der Waals surface area contributed by atoms with Crippen molar-refractivity contribution in [2.24, 2.45) is 0 Å². The lowest BCUT2D eigenvalue weighted by Crippen LogP contribution is -2.30. The first-order chi connectivity index (χ1) is 12.2. The average Bonchev–Trinajstić information content (AvgIpc) is 2.59. The summed E-state index contributed by atoms with van der Waals surface area (Å²) in [5.41, 5.74) is 0.0342. The Kier molecular flexibility index (Phi) is 6.79. The number of carbonyl (C=O) groups excluding carboxylic acids is 1. The molecule has 5 nitrogen and oxygen atoms in total. The molecule has 0 aliphatic rings. The molecular formula is C17H17BrClFN2O3S. The summed E-state index contributed by atoms with van der Waals surface area (Å²) in [4.78, 5) is 12.2. The summed E-state index contributed by atoms with van der Waals surface area (Å²) in [6, 6.07) is 8.08. The predicted molar refractivity (Wildman–Crippen MR) is 104 cm³/mol. The van der Waals surface area contributed by atoms with Crippen LogP contribution in [0, 0.1) is 5.82 Å². The maximum atomic E-state index is 13.8. The van der Waals surface area contributed by atoms with Crippen molar-refractivity contribution >= 4 is 49.1 Å². The fraction of sp³-hybridized carbons (Fsp3) is 0.235. The summed E-state index contributed by atoms with van der Waals surface area (Å²) < 4.78 is 41.0. The summed E-state index contributed by atoms with van der Waals surface area (Å²) in [6.45, 7) is 4.01. The van der Waals surface area contributed by atoms with Crippen molar-refractivity contribution in [2.45, 2.75) is 18.7 Å². The number of carbonyl (C=O) groups is 1. The lowest BCUT2D eigenvalue weighted by Gasteiger charge is -2.19. The molecule has 0 radical (unpaired) electrons. The minimum absolute atomic E-state index is 0.0449. The second-order valence-electron chi connectivity index (χ2n) is 5.31. The van der Waals surface area contributed by atoms with Crippen LogP contribution in [0.5, 0.6) is 0 Å². The molecule has 140 valence electrons. The zero-order valence-corrected chi connectivity index (χ0v) is 17.3. The Balaban J connectivity index is 2.38. The van der Waals surface area contributed by atoms with Gasteiger partial charge in [-0.2, -0.15) is 4.31 Å². The quantitative estimate of drug-likeness (QED) is 0.685. The molecule has 1 N–H and O–H groups in total. The number of rotatable bonds is 6. The molecule has 2 aromatic carbocycles. The summed E-state index contributed by atoms with van der Waals surface area (Å²) in [5, 5.41) is 2.54. The van der Waals surface area contributed by atoms with Gasteiger partial charge in [0.2, 0.25) is 10.0 Å². The molecule has 0 spiro atoms. The van der Waals surface area contributed by atoms with Crippen LogP contribution in [-0.2, 0) is 10.0 Å². The van der Waals surface area contributed by atoms with Gasteiger partial charge in [-0.3, -0.25) is 4.79 Å². The van der Waals surface area contributed by atoms with Gasteiger partial charge in [-0.1, -0.05) is 41.4 Å². The number of hydrogen-bond acceptors (Lipinski definition) is 3. The Hall–Kier alpha value is -1.48. The smallest absolute Gasteiger partial charge is 0.258 e. The molecule has 0 unspecified atom stereocenters. The van der Waals surface area contributed by atoms with Crippen molar-refractivity contribution in [1.82, 2.24) is 4.31 Å². The van der Waals surface area contributed by atoms with Crippen molar-refractivity contribution in [2.75, 3.05) is 18.4 Å². The van der Waals surface area contributed by atoms with Gasteiger partial charge in [-0.15, -0.1) is 0 Å². The van der Waals surface area contributed by atoms with Crippen LogP contribution < -0.4 is 5.32 Å². The van der Waals surface area contributed by atoms with E-state index in [9.17, 15) is 17.6 Å². The fourth-order valence-corrected chi connectivity index (χ4v) is 4.67. The highest BCUT2D eigenvalue weighted by Crippen LogP contribution is 2.28. The first kappa shape index (κ1) is 20.8. The first-order valence-corrected chi connectivity index (χ1v) is 10.4. The van der Waals surface area contributed by atoms with Crippen molar-refractivity contribution in [3.05, 3.63) is 57.3 Å². The van der Waals surface area contributed by atoms with Crippen molar-refractivity contribution in [3.63, 3.8) is 0 Å². The third-order valence-corrected chi connectivity index (χ3v) is 6.71. The SMILES string of the molecule is CCN(CC)S(=O)(=O)c1cc(NC(=O)c2cc(Br)ccc2F)ccc1Cl. The molecule has 0 saturated heterocycles. The molecule has 0 bridgehead atoms. The Morgan fingerprint density at radius 1 is 1.19 bits per heavy atom. The monoisotopic (exact) mass is 462 g/mol. The molecular weight excluding hydrogens is 447 g/mol. The number of halogens is 3. The number of benzene rings is 2. The van der Waals surface area contributed by atoms with Gasteiger partial charge in [0.1, 0.15) is 10.7 Å². The Labute approximate surface area is 165 Å². The van der Waals surface area contributed by atoms with Crippen LogP contribution in [0.4, 0.5) is 10.1 Å². The van der Waals surface area contributed by atoms with Crippen molar-refractivity contribution in [1.29, 1.82) is 0 Å². The van der Waals surface area contributed by atoms with E-state index in [-0.39, 0.29) is 34.3 Å². The van der Waals surface area contributed by atoms with E-state index in [4.69, 9.17) is 11.6 Å². The zero-order chi connectivity index (χ0) is 19.5. The highest BCUT2D eigenvalue weighted by molar-refractivity contribution is 9.10. The standard InChI is InChI=1S/C17H17BrClFN2O3S/c1-3-22(4-2)26(24,25)16-10-12(6-7-14(16)19)21-17(23)13-9-11(18)5-8-15(13)20/h5-10H,3-4H2,1-2H3,(H,21,23). The first-order valence-electron chi connectivity index (χ1n) is 7.76. The molecule has 0 atom stereocenters. The normalized spacial score (nSPS) is 11.6. The molecule has 0 aliphatic carbocycles. The molecule has 0 aliphatic heterocycles. The molecule has 0 fully saturated rings. The second kappa shape index (κ2) is 8.47. The van der Waals surface area contributed by atoms with Crippen LogP contribution in [0.1, 0.15) is 24.2 Å². The van der Waals surface area contributed by atoms with E-state index in [0.717, 1.165) is 6.07 Å². The van der Waals surface area contributed by atoms with E-state index in [0.29, 0.717) is 4.47 Å². The largest absolute Gasteiger partial charge is 0.322 e. The maximum absolute atomic E-state index is 13.8. The number of hydrogen-bond donors (Lipinski definition) is 1. The number of nitrogens with one attached hydrogen (secondary N) is 1. The molecule has 0 aromatic heterocycles. The number of sulfonamides is 1. The van der Waals surface area contributed by atoms with E-state index in [1.165, 1.54) is 34.6 Å². The van der Waals surface area contributed by atoms with E-state index in [1.807, 2.05) is 0 Å². The lowest BCUT2D eigenvalue weighted by atomic mass is 10.2. The Morgan fingerprint density at radius 2 is 1.85 bits per heavy atom. The van der Waals surface area contributed by atoms with Crippen molar-refractivity contribution in [3.8, 4) is 0 Å². The molecule has 2 rings (SSSR count). The average molecular weight is 464 g/mol. The van der Waals surface area contributed by atoms with E-state index in [1.54, 1.807) is 13.8 Å². The highest BCUT2D eigenvalue weighted by atomic mass is 79.9. The van der Waals surface area contributed by atoms with Crippen LogP contribution in [0.3, 0.4) is 0 Å². The highest BCUT2D eigenvalue weighted by Gasteiger charge is 2.25. The summed E-state index contributed by atoms with van der Waals surface area (Å²) >= 11 is 9.23. The maximum Gasteiger partial charge on any atom is 0.258 e. The summed E-state index contributed by atoms with van der Waals surface area (Å²) in [6.07, 6.45) is 0. The number of amides is 1. The molecule has 9 heteroatoms. The summed E-state index contributed by atoms with van der Waals surface area (Å²) in [7, 11) is -3.80. The van der Waals surface area contributed by atoms with Gasteiger partial charge in [-0.25, -0.2) is 12.8 Å². The Morgan fingerprint density at radius 3 is 2.46 bits per heavy atom. The van der Waals surface area contributed by atoms with Gasteiger partial charge in [0.25, 0.3) is 5.91 Å². The topological polar surface area (TPSA) is 66.5 Å². The van der Waals surface area contributed by atoms with Crippen LogP contribution in [0.2, 0.25) is 5.02 Å². The zero-order valence-electron chi connectivity index (χ0n) is 14.1. The third kappa shape index (κ3) is 4.43. The fourth-order valence-electron chi connectivity index (χ4n) is 2.35. The van der Waals surface area contributed by atoms with Gasteiger partial charge in [0.15, 0.2) is 0 Å². The van der Waals surface area contributed by atoms with E-state index in [2.05, 4.69) is 21.2 Å². The lowest BCUT2D eigenvalue weighted by molar-refractivity contribution is 0.102. The van der Waals surface area contributed by atoms with Gasteiger partial charge in [-0.05, 0) is 36.4 Å². The van der Waals surface area contributed by atoms with Gasteiger partial charge < -0.3 is 5.32 Å². The minimum atomic E-state index is -3.80. The molecule has 0 heterocycles. The van der Waals surface area contributed by atoms with Crippen LogP contribution in [-0.4, -0.2) is 31.7 Å². The predicted octanol–water partition coefficient (Wildman–Crippen LogP) is 4.52. The number of anilines is 1. The Bertz CT molecular complexity index is 934. The third-order valence-electron chi connectivity index (χ3n) is 3.69. The van der Waals surface area contributed by atoms with Crippen molar-refractivity contribution < 1.29 is 17.6 Å². The molecule has 2 aromatic rings. The van der Waals surface area contributed by atoms with Gasteiger partial charge in [0.05, 0.1) is 10.6 Å². The van der Waals surface area contributed by atoms with Gasteiger partial charge in [0, 0.05) is 23.2 Å². The molecule has 0 saturated carbocycles. The minimum Gasteiger partial charge on any atom is -0.322 e. The molecule has 26 heavy (non-hydrogen) atoms. The molecule has 1 amide bonds.